The molecule has 0 spiro atoms. The largest absolute Gasteiger partial charge is 0.484 e. The first-order valence-corrected chi connectivity index (χ1v) is 6.67. The molecule has 19 heavy (non-hydrogen) atoms. The highest BCUT2D eigenvalue weighted by Crippen LogP contribution is 2.12. The first kappa shape index (κ1) is 13.3. The molecule has 0 bridgehead atoms. The summed E-state index contributed by atoms with van der Waals surface area (Å²) in [6, 6.07) is 11.2. The summed E-state index contributed by atoms with van der Waals surface area (Å²) >= 11 is 1.58. The minimum Gasteiger partial charge on any atom is -0.484 e. The molecule has 0 unspecified atom stereocenters. The van der Waals surface area contributed by atoms with Gasteiger partial charge in [0.15, 0.2) is 6.61 Å². The molecule has 1 N–H and O–H groups in total. The van der Waals surface area contributed by atoms with Gasteiger partial charge in [0.2, 0.25) is 0 Å². The molecule has 0 saturated carbocycles. The Kier molecular flexibility index (Phi) is 4.69. The molecule has 2 aromatic rings. The zero-order chi connectivity index (χ0) is 13.5. The van der Waals surface area contributed by atoms with Gasteiger partial charge in [-0.05, 0) is 36.1 Å². The van der Waals surface area contributed by atoms with Crippen LogP contribution in [-0.2, 0) is 4.79 Å². The third-order valence-electron chi connectivity index (χ3n) is 2.39. The lowest BCUT2D eigenvalue weighted by Crippen LogP contribution is -2.24. The first-order chi connectivity index (χ1) is 9.25. The van der Waals surface area contributed by atoms with Crippen LogP contribution in [0.15, 0.2) is 46.9 Å². The number of rotatable bonds is 5. The van der Waals surface area contributed by atoms with Crippen LogP contribution in [0.4, 0.5) is 0 Å². The number of thiophene rings is 1. The van der Waals surface area contributed by atoms with Gasteiger partial charge in [-0.1, -0.05) is 18.2 Å². The molecule has 5 heteroatoms. The molecule has 4 nitrogen and oxygen atoms in total. The van der Waals surface area contributed by atoms with Gasteiger partial charge in [-0.3, -0.25) is 4.79 Å². The molecule has 0 fully saturated rings. The molecule has 1 amide bonds. The van der Waals surface area contributed by atoms with Crippen LogP contribution in [0.1, 0.15) is 10.4 Å². The number of aryl methyl sites for hydroxylation is 1. The SMILES string of the molecule is Cc1ccsc1/C=N/NC(=O)COc1ccccc1. The Morgan fingerprint density at radius 1 is 1.37 bits per heavy atom. The van der Waals surface area contributed by atoms with Crippen LogP contribution in [0.2, 0.25) is 0 Å². The monoisotopic (exact) mass is 274 g/mol. The lowest BCUT2D eigenvalue weighted by molar-refractivity contribution is -0.123. The smallest absolute Gasteiger partial charge is 0.277 e. The van der Waals surface area contributed by atoms with E-state index in [1.807, 2.05) is 36.6 Å². The molecule has 0 atom stereocenters. The number of hydrogen-bond donors (Lipinski definition) is 1. The van der Waals surface area contributed by atoms with Gasteiger partial charge < -0.3 is 4.74 Å². The predicted molar refractivity (Wildman–Crippen MR) is 76.7 cm³/mol. The van der Waals surface area contributed by atoms with Crippen molar-refractivity contribution >= 4 is 23.5 Å². The van der Waals surface area contributed by atoms with E-state index in [0.29, 0.717) is 5.75 Å². The molecule has 2 rings (SSSR count). The third kappa shape index (κ3) is 4.22. The maximum atomic E-state index is 11.5. The summed E-state index contributed by atoms with van der Waals surface area (Å²) in [5.74, 6) is 0.380. The maximum absolute atomic E-state index is 11.5. The number of para-hydroxylation sites is 1. The number of carbonyl (C=O) groups is 1. The Labute approximate surface area is 115 Å². The molecule has 1 heterocycles. The highest BCUT2D eigenvalue weighted by molar-refractivity contribution is 7.11. The van der Waals surface area contributed by atoms with Gasteiger partial charge in [0.1, 0.15) is 5.75 Å². The first-order valence-electron chi connectivity index (χ1n) is 5.79. The van der Waals surface area contributed by atoms with E-state index in [9.17, 15) is 4.79 Å². The minimum atomic E-state index is -0.283. The number of nitrogens with one attached hydrogen (secondary N) is 1. The van der Waals surface area contributed by atoms with Crippen molar-refractivity contribution in [2.75, 3.05) is 6.61 Å². The number of nitrogens with zero attached hydrogens (tertiary/aromatic N) is 1. The van der Waals surface area contributed by atoms with Crippen LogP contribution in [-0.4, -0.2) is 18.7 Å². The van der Waals surface area contributed by atoms with Crippen molar-refractivity contribution in [1.29, 1.82) is 0 Å². The summed E-state index contributed by atoms with van der Waals surface area (Å²) in [4.78, 5) is 12.5. The van der Waals surface area contributed by atoms with Gasteiger partial charge in [0.05, 0.1) is 6.21 Å². The van der Waals surface area contributed by atoms with E-state index in [0.717, 1.165) is 10.4 Å². The Balaban J connectivity index is 1.76. The predicted octanol–water partition coefficient (Wildman–Crippen LogP) is 2.59. The second-order valence-corrected chi connectivity index (χ2v) is 4.81. The molecular weight excluding hydrogens is 260 g/mol. The molecule has 1 aromatic carbocycles. The Hall–Kier alpha value is -2.14. The molecule has 0 aliphatic heterocycles. The average molecular weight is 274 g/mol. The summed E-state index contributed by atoms with van der Waals surface area (Å²) in [5, 5.41) is 5.88. The fourth-order valence-corrected chi connectivity index (χ4v) is 2.16. The zero-order valence-electron chi connectivity index (χ0n) is 10.5. The van der Waals surface area contributed by atoms with Gasteiger partial charge in [0.25, 0.3) is 5.91 Å². The van der Waals surface area contributed by atoms with E-state index in [-0.39, 0.29) is 12.5 Å². The third-order valence-corrected chi connectivity index (χ3v) is 3.34. The zero-order valence-corrected chi connectivity index (χ0v) is 11.3. The number of amides is 1. The van der Waals surface area contributed by atoms with Gasteiger partial charge in [-0.15, -0.1) is 11.3 Å². The quantitative estimate of drug-likeness (QED) is 0.673. The van der Waals surface area contributed by atoms with Crippen molar-refractivity contribution < 1.29 is 9.53 Å². The van der Waals surface area contributed by atoms with Crippen LogP contribution in [0.3, 0.4) is 0 Å². The number of hydrazone groups is 1. The van der Waals surface area contributed by atoms with E-state index in [1.165, 1.54) is 0 Å². The molecular formula is C14H14N2O2S. The number of ether oxygens (including phenoxy) is 1. The van der Waals surface area contributed by atoms with Gasteiger partial charge in [-0.2, -0.15) is 5.10 Å². The van der Waals surface area contributed by atoms with Crippen molar-refractivity contribution in [3.8, 4) is 5.75 Å². The Bertz CT molecular complexity index is 564. The molecule has 0 radical (unpaired) electrons. The van der Waals surface area contributed by atoms with Crippen molar-refractivity contribution in [3.05, 3.63) is 52.2 Å². The summed E-state index contributed by atoms with van der Waals surface area (Å²) in [5.41, 5.74) is 3.57. The molecule has 0 aliphatic rings. The van der Waals surface area contributed by atoms with Gasteiger partial charge >= 0.3 is 0 Å². The average Bonchev–Trinajstić information content (AvgIpc) is 2.83. The molecule has 1 aromatic heterocycles. The van der Waals surface area contributed by atoms with Gasteiger partial charge in [-0.25, -0.2) is 5.43 Å². The highest BCUT2D eigenvalue weighted by Gasteiger charge is 2.01. The maximum Gasteiger partial charge on any atom is 0.277 e. The number of carbonyl (C=O) groups excluding carboxylic acids is 1. The molecule has 0 aliphatic carbocycles. The van der Waals surface area contributed by atoms with Crippen molar-refractivity contribution in [2.45, 2.75) is 6.92 Å². The van der Waals surface area contributed by atoms with E-state index in [4.69, 9.17) is 4.74 Å². The molecule has 0 saturated heterocycles. The van der Waals surface area contributed by atoms with Crippen LogP contribution in [0, 0.1) is 6.92 Å². The summed E-state index contributed by atoms with van der Waals surface area (Å²) < 4.78 is 5.30. The number of hydrogen-bond acceptors (Lipinski definition) is 4. The van der Waals surface area contributed by atoms with E-state index < -0.39 is 0 Å². The van der Waals surface area contributed by atoms with Crippen molar-refractivity contribution in [3.63, 3.8) is 0 Å². The lowest BCUT2D eigenvalue weighted by atomic mass is 10.3. The van der Waals surface area contributed by atoms with Crippen LogP contribution in [0.5, 0.6) is 5.75 Å². The second-order valence-electron chi connectivity index (χ2n) is 3.86. The Morgan fingerprint density at radius 2 is 2.16 bits per heavy atom. The minimum absolute atomic E-state index is 0.0508. The fourth-order valence-electron chi connectivity index (χ4n) is 1.38. The molecule has 98 valence electrons. The highest BCUT2D eigenvalue weighted by atomic mass is 32.1. The van der Waals surface area contributed by atoms with Crippen LogP contribution >= 0.6 is 11.3 Å². The number of benzene rings is 1. The van der Waals surface area contributed by atoms with Crippen LogP contribution in [0.25, 0.3) is 0 Å². The summed E-state index contributed by atoms with van der Waals surface area (Å²) in [7, 11) is 0. The summed E-state index contributed by atoms with van der Waals surface area (Å²) in [6.07, 6.45) is 1.64. The normalized spacial score (nSPS) is 10.6. The standard InChI is InChI=1S/C14H14N2O2S/c1-11-7-8-19-13(11)9-15-16-14(17)10-18-12-5-3-2-4-6-12/h2-9H,10H2,1H3,(H,16,17)/b15-9+. The summed E-state index contributed by atoms with van der Waals surface area (Å²) in [6.45, 7) is 1.95. The van der Waals surface area contributed by atoms with Crippen molar-refractivity contribution in [2.24, 2.45) is 5.10 Å². The Morgan fingerprint density at radius 3 is 2.84 bits per heavy atom. The van der Waals surface area contributed by atoms with Crippen LogP contribution < -0.4 is 10.2 Å². The lowest BCUT2D eigenvalue weighted by Gasteiger charge is -2.03. The van der Waals surface area contributed by atoms with E-state index >= 15 is 0 Å². The van der Waals surface area contributed by atoms with Crippen molar-refractivity contribution in [1.82, 2.24) is 5.43 Å². The topological polar surface area (TPSA) is 50.7 Å². The van der Waals surface area contributed by atoms with Gasteiger partial charge in [0, 0.05) is 4.88 Å². The fraction of sp³-hybridized carbons (Fsp3) is 0.143. The second kappa shape index (κ2) is 6.70. The van der Waals surface area contributed by atoms with E-state index in [2.05, 4.69) is 10.5 Å². The van der Waals surface area contributed by atoms with E-state index in [1.54, 1.807) is 29.7 Å².